The highest BCUT2D eigenvalue weighted by Crippen LogP contribution is 2.30. The molecule has 6 nitrogen and oxygen atoms in total. The number of hydrogen-bond acceptors (Lipinski definition) is 4. The highest BCUT2D eigenvalue weighted by atomic mass is 16.5. The standard InChI is InChI=1S/C21H24N4O2/c1-15-5-7-16(8-6-15)21(26)24-11-9-17(14-24)19-23-18-4-3-10-22-20(18)25(19)12-13-27-2/h3-8,10,17H,9,11-14H2,1-2H3/t17-/m0/s1. The number of pyridine rings is 1. The molecule has 3 heterocycles. The fourth-order valence-electron chi connectivity index (χ4n) is 3.72. The highest BCUT2D eigenvalue weighted by molar-refractivity contribution is 5.94. The summed E-state index contributed by atoms with van der Waals surface area (Å²) in [7, 11) is 1.70. The topological polar surface area (TPSA) is 60.2 Å². The zero-order valence-electron chi connectivity index (χ0n) is 15.8. The molecule has 0 bridgehead atoms. The Hall–Kier alpha value is -2.73. The van der Waals surface area contributed by atoms with Crippen molar-refractivity contribution in [2.75, 3.05) is 26.8 Å². The van der Waals surface area contributed by atoms with Crippen LogP contribution in [0.2, 0.25) is 0 Å². The van der Waals surface area contributed by atoms with Gasteiger partial charge in [0.15, 0.2) is 5.65 Å². The van der Waals surface area contributed by atoms with Gasteiger partial charge in [-0.2, -0.15) is 0 Å². The van der Waals surface area contributed by atoms with Crippen LogP contribution in [0.4, 0.5) is 0 Å². The zero-order valence-corrected chi connectivity index (χ0v) is 15.8. The van der Waals surface area contributed by atoms with E-state index in [0.717, 1.165) is 41.1 Å². The van der Waals surface area contributed by atoms with E-state index in [1.54, 1.807) is 13.3 Å². The van der Waals surface area contributed by atoms with E-state index in [4.69, 9.17) is 9.72 Å². The van der Waals surface area contributed by atoms with Gasteiger partial charge < -0.3 is 14.2 Å². The number of benzene rings is 1. The predicted octanol–water partition coefficient (Wildman–Crippen LogP) is 3.02. The van der Waals surface area contributed by atoms with Gasteiger partial charge in [-0.3, -0.25) is 4.79 Å². The maximum absolute atomic E-state index is 12.8. The Balaban J connectivity index is 1.58. The van der Waals surface area contributed by atoms with E-state index in [9.17, 15) is 4.79 Å². The maximum atomic E-state index is 12.8. The van der Waals surface area contributed by atoms with Crippen LogP contribution in [-0.2, 0) is 11.3 Å². The molecule has 0 saturated carbocycles. The molecular formula is C21H24N4O2. The molecule has 1 saturated heterocycles. The minimum Gasteiger partial charge on any atom is -0.383 e. The van der Waals surface area contributed by atoms with Crippen molar-refractivity contribution in [1.29, 1.82) is 0 Å². The lowest BCUT2D eigenvalue weighted by atomic mass is 10.1. The Bertz CT molecular complexity index is 948. The fourth-order valence-corrected chi connectivity index (χ4v) is 3.72. The molecule has 140 valence electrons. The van der Waals surface area contributed by atoms with Crippen LogP contribution >= 0.6 is 0 Å². The van der Waals surface area contributed by atoms with Gasteiger partial charge in [0.1, 0.15) is 11.3 Å². The van der Waals surface area contributed by atoms with Crippen molar-refractivity contribution >= 4 is 17.1 Å². The van der Waals surface area contributed by atoms with Gasteiger partial charge in [-0.1, -0.05) is 17.7 Å². The van der Waals surface area contributed by atoms with Gasteiger partial charge in [-0.25, -0.2) is 9.97 Å². The van der Waals surface area contributed by atoms with Crippen LogP contribution in [-0.4, -0.2) is 52.1 Å². The van der Waals surface area contributed by atoms with Crippen LogP contribution in [0.25, 0.3) is 11.2 Å². The van der Waals surface area contributed by atoms with Crippen molar-refractivity contribution in [2.24, 2.45) is 0 Å². The van der Waals surface area contributed by atoms with Crippen LogP contribution < -0.4 is 0 Å². The Kier molecular flexibility index (Phi) is 4.90. The number of hydrogen-bond donors (Lipinski definition) is 0. The first-order valence-electron chi connectivity index (χ1n) is 9.33. The molecule has 1 fully saturated rings. The molecule has 1 aliphatic rings. The van der Waals surface area contributed by atoms with E-state index in [1.807, 2.05) is 48.2 Å². The summed E-state index contributed by atoms with van der Waals surface area (Å²) in [5.74, 6) is 1.31. The molecule has 0 N–H and O–H groups in total. The lowest BCUT2D eigenvalue weighted by molar-refractivity contribution is 0.0790. The second-order valence-electron chi connectivity index (χ2n) is 7.06. The van der Waals surface area contributed by atoms with Crippen LogP contribution in [0.3, 0.4) is 0 Å². The number of ether oxygens (including phenoxy) is 1. The number of aryl methyl sites for hydroxylation is 1. The number of fused-ring (bicyclic) bond motifs is 1. The fraction of sp³-hybridized carbons (Fsp3) is 0.381. The SMILES string of the molecule is COCCn1c([C@H]2CCN(C(=O)c3ccc(C)cc3)C2)nc2cccnc21. The van der Waals surface area contributed by atoms with Crippen molar-refractivity contribution in [2.45, 2.75) is 25.8 Å². The monoisotopic (exact) mass is 364 g/mol. The molecule has 27 heavy (non-hydrogen) atoms. The van der Waals surface area contributed by atoms with Crippen molar-refractivity contribution in [3.8, 4) is 0 Å². The minimum atomic E-state index is 0.0928. The van der Waals surface area contributed by atoms with Gasteiger partial charge in [0.05, 0.1) is 6.61 Å². The van der Waals surface area contributed by atoms with Crippen molar-refractivity contribution in [3.05, 3.63) is 59.5 Å². The van der Waals surface area contributed by atoms with Gasteiger partial charge in [-0.05, 0) is 37.6 Å². The Morgan fingerprint density at radius 2 is 2.07 bits per heavy atom. The second kappa shape index (κ2) is 7.48. The number of carbonyl (C=O) groups is 1. The van der Waals surface area contributed by atoms with Crippen LogP contribution in [0.1, 0.15) is 34.1 Å². The lowest BCUT2D eigenvalue weighted by Crippen LogP contribution is -2.28. The van der Waals surface area contributed by atoms with Crippen molar-refractivity contribution in [1.82, 2.24) is 19.4 Å². The molecule has 3 aromatic rings. The first-order valence-corrected chi connectivity index (χ1v) is 9.33. The Morgan fingerprint density at radius 3 is 2.85 bits per heavy atom. The summed E-state index contributed by atoms with van der Waals surface area (Å²) in [6.45, 7) is 4.77. The number of amides is 1. The van der Waals surface area contributed by atoms with Crippen LogP contribution in [0, 0.1) is 6.92 Å². The average molecular weight is 364 g/mol. The largest absolute Gasteiger partial charge is 0.383 e. The maximum Gasteiger partial charge on any atom is 0.253 e. The minimum absolute atomic E-state index is 0.0928. The Morgan fingerprint density at radius 1 is 1.26 bits per heavy atom. The Labute approximate surface area is 158 Å². The number of rotatable bonds is 5. The first-order chi connectivity index (χ1) is 13.2. The molecule has 4 rings (SSSR count). The molecule has 1 aliphatic heterocycles. The number of likely N-dealkylation sites (tertiary alicyclic amines) is 1. The average Bonchev–Trinajstić information content (AvgIpc) is 3.31. The molecule has 1 atom stereocenters. The molecule has 0 unspecified atom stereocenters. The smallest absolute Gasteiger partial charge is 0.253 e. The van der Waals surface area contributed by atoms with E-state index in [0.29, 0.717) is 19.7 Å². The van der Waals surface area contributed by atoms with Crippen molar-refractivity contribution in [3.63, 3.8) is 0 Å². The van der Waals surface area contributed by atoms with E-state index in [1.165, 1.54) is 0 Å². The summed E-state index contributed by atoms with van der Waals surface area (Å²) in [5.41, 5.74) is 3.68. The lowest BCUT2D eigenvalue weighted by Gasteiger charge is -2.17. The molecular weight excluding hydrogens is 340 g/mol. The third kappa shape index (κ3) is 3.45. The predicted molar refractivity (Wildman–Crippen MR) is 104 cm³/mol. The summed E-state index contributed by atoms with van der Waals surface area (Å²) in [4.78, 5) is 24.1. The van der Waals surface area contributed by atoms with Crippen LogP contribution in [0.5, 0.6) is 0 Å². The van der Waals surface area contributed by atoms with E-state index < -0.39 is 0 Å². The molecule has 0 spiro atoms. The number of aromatic nitrogens is 3. The van der Waals surface area contributed by atoms with E-state index in [-0.39, 0.29) is 11.8 Å². The van der Waals surface area contributed by atoms with Crippen LogP contribution in [0.15, 0.2) is 42.6 Å². The summed E-state index contributed by atoms with van der Waals surface area (Å²) in [6.07, 6.45) is 2.70. The molecule has 0 radical (unpaired) electrons. The van der Waals surface area contributed by atoms with Gasteiger partial charge in [0.2, 0.25) is 0 Å². The number of imidazole rings is 1. The number of nitrogens with zero attached hydrogens (tertiary/aromatic N) is 4. The third-order valence-electron chi connectivity index (χ3n) is 5.19. The van der Waals surface area contributed by atoms with E-state index >= 15 is 0 Å². The molecule has 1 aromatic carbocycles. The van der Waals surface area contributed by atoms with Gasteiger partial charge in [-0.15, -0.1) is 0 Å². The van der Waals surface area contributed by atoms with Crippen molar-refractivity contribution < 1.29 is 9.53 Å². The summed E-state index contributed by atoms with van der Waals surface area (Å²) in [5, 5.41) is 0. The van der Waals surface area contributed by atoms with Gasteiger partial charge >= 0.3 is 0 Å². The molecule has 2 aromatic heterocycles. The summed E-state index contributed by atoms with van der Waals surface area (Å²) >= 11 is 0. The number of methoxy groups -OCH3 is 1. The molecule has 1 amide bonds. The molecule has 6 heteroatoms. The highest BCUT2D eigenvalue weighted by Gasteiger charge is 2.31. The first kappa shape index (κ1) is 17.7. The van der Waals surface area contributed by atoms with E-state index in [2.05, 4.69) is 9.55 Å². The zero-order chi connectivity index (χ0) is 18.8. The quantitative estimate of drug-likeness (QED) is 0.698. The normalized spacial score (nSPS) is 17.0. The summed E-state index contributed by atoms with van der Waals surface area (Å²) < 4.78 is 7.41. The molecule has 0 aliphatic carbocycles. The number of carbonyl (C=O) groups excluding carboxylic acids is 1. The second-order valence-corrected chi connectivity index (χ2v) is 7.06. The van der Waals surface area contributed by atoms with Gasteiger partial charge in [0, 0.05) is 44.4 Å². The summed E-state index contributed by atoms with van der Waals surface area (Å²) in [6, 6.07) is 11.7. The third-order valence-corrected chi connectivity index (χ3v) is 5.19. The van der Waals surface area contributed by atoms with Gasteiger partial charge in [0.25, 0.3) is 5.91 Å².